The minimum absolute atomic E-state index is 0.0438. The Morgan fingerprint density at radius 1 is 1.41 bits per heavy atom. The van der Waals surface area contributed by atoms with Gasteiger partial charge >= 0.3 is 6.18 Å². The summed E-state index contributed by atoms with van der Waals surface area (Å²) in [5.41, 5.74) is 0.786. The van der Waals surface area contributed by atoms with Gasteiger partial charge in [0.25, 0.3) is 0 Å². The quantitative estimate of drug-likeness (QED) is 0.351. The molecule has 0 amide bonds. The van der Waals surface area contributed by atoms with Gasteiger partial charge in [-0.05, 0) is 17.9 Å². The largest absolute Gasteiger partial charge is 0.389 e. The van der Waals surface area contributed by atoms with E-state index in [4.69, 9.17) is 18.0 Å². The fourth-order valence-electron chi connectivity index (χ4n) is 2.13. The normalized spacial score (nSPS) is 12.6. The van der Waals surface area contributed by atoms with Crippen molar-refractivity contribution >= 4 is 39.7 Å². The molecular formula is C17H17ClF3N3OS2. The molecule has 2 aromatic rings. The van der Waals surface area contributed by atoms with Gasteiger partial charge in [-0.3, -0.25) is 4.98 Å². The van der Waals surface area contributed by atoms with Gasteiger partial charge in [0, 0.05) is 30.1 Å². The fourth-order valence-corrected chi connectivity index (χ4v) is 4.44. The van der Waals surface area contributed by atoms with Gasteiger partial charge in [0.2, 0.25) is 0 Å². The molecule has 4 nitrogen and oxygen atoms in total. The Bertz CT molecular complexity index is 765. The maximum Gasteiger partial charge on any atom is 0.389 e. The minimum atomic E-state index is -4.17. The third-order valence-electron chi connectivity index (χ3n) is 3.41. The lowest BCUT2D eigenvalue weighted by molar-refractivity contribution is -0.129. The summed E-state index contributed by atoms with van der Waals surface area (Å²) in [6.07, 6.45) is 2.95. The van der Waals surface area contributed by atoms with Crippen LogP contribution in [-0.4, -0.2) is 45.5 Å². The van der Waals surface area contributed by atoms with Crippen LogP contribution < -0.4 is 4.90 Å². The molecule has 0 aliphatic carbocycles. The Morgan fingerprint density at radius 3 is 2.81 bits per heavy atom. The van der Waals surface area contributed by atoms with Gasteiger partial charge in [0.1, 0.15) is 16.2 Å². The standard InChI is InChI=1S/C17H17ClF3N3OS2/c1-2-8-24(13(25)5-9-26-10-6-17(19,20)21)16-14(18)23-15(27-16)12-4-3-7-22-11-12/h1,3-4,7,11,13,25H,5-6,8-10H2. The molecule has 0 radical (unpaired) electrons. The molecule has 27 heavy (non-hydrogen) atoms. The monoisotopic (exact) mass is 435 g/mol. The summed E-state index contributed by atoms with van der Waals surface area (Å²) in [6.45, 7) is 0.1000. The van der Waals surface area contributed by atoms with Crippen molar-refractivity contribution in [3.8, 4) is 22.9 Å². The van der Waals surface area contributed by atoms with Crippen molar-refractivity contribution < 1.29 is 18.3 Å². The van der Waals surface area contributed by atoms with Gasteiger partial charge in [0.05, 0.1) is 13.0 Å². The van der Waals surface area contributed by atoms with Crippen LogP contribution >= 0.6 is 34.7 Å². The Morgan fingerprint density at radius 2 is 2.19 bits per heavy atom. The maximum absolute atomic E-state index is 12.2. The molecule has 10 heteroatoms. The molecule has 1 unspecified atom stereocenters. The second kappa shape index (κ2) is 10.2. The highest BCUT2D eigenvalue weighted by molar-refractivity contribution is 7.99. The van der Waals surface area contributed by atoms with E-state index in [1.54, 1.807) is 18.5 Å². The highest BCUT2D eigenvalue weighted by Gasteiger charge is 2.26. The van der Waals surface area contributed by atoms with Crippen LogP contribution in [-0.2, 0) is 0 Å². The third-order valence-corrected chi connectivity index (χ3v) is 5.94. The maximum atomic E-state index is 12.2. The molecule has 0 aliphatic heterocycles. The van der Waals surface area contributed by atoms with Crippen LogP contribution in [0, 0.1) is 12.3 Å². The molecule has 0 aromatic carbocycles. The van der Waals surface area contributed by atoms with E-state index in [9.17, 15) is 18.3 Å². The summed E-state index contributed by atoms with van der Waals surface area (Å²) >= 11 is 8.63. The number of pyridine rings is 1. The van der Waals surface area contributed by atoms with Crippen LogP contribution in [0.2, 0.25) is 5.15 Å². The average Bonchev–Trinajstić information content (AvgIpc) is 3.00. The van der Waals surface area contributed by atoms with E-state index in [0.717, 1.165) is 17.3 Å². The summed E-state index contributed by atoms with van der Waals surface area (Å²) in [5.74, 6) is 2.78. The molecule has 0 saturated heterocycles. The first kappa shape index (κ1) is 21.8. The molecule has 2 heterocycles. The second-order valence-electron chi connectivity index (χ2n) is 5.44. The molecule has 1 atom stereocenters. The SMILES string of the molecule is C#CCN(c1sc(-c2cccnc2)nc1Cl)C(O)CCSCCC(F)(F)F. The summed E-state index contributed by atoms with van der Waals surface area (Å²) < 4.78 is 36.5. The highest BCUT2D eigenvalue weighted by atomic mass is 35.5. The van der Waals surface area contributed by atoms with Gasteiger partial charge < -0.3 is 10.0 Å². The molecule has 0 fully saturated rings. The number of hydrogen-bond acceptors (Lipinski definition) is 6. The molecule has 0 bridgehead atoms. The predicted octanol–water partition coefficient (Wildman–Crippen LogP) is 4.69. The number of hydrogen-bond donors (Lipinski definition) is 1. The van der Waals surface area contributed by atoms with E-state index >= 15 is 0 Å². The third kappa shape index (κ3) is 6.88. The number of halogens is 4. The lowest BCUT2D eigenvalue weighted by atomic mass is 10.3. The zero-order valence-electron chi connectivity index (χ0n) is 14.1. The second-order valence-corrected chi connectivity index (χ2v) is 8.00. The van der Waals surface area contributed by atoms with Crippen LogP contribution in [0.15, 0.2) is 24.5 Å². The number of thioether (sulfide) groups is 1. The van der Waals surface area contributed by atoms with Crippen molar-refractivity contribution in [1.29, 1.82) is 0 Å². The van der Waals surface area contributed by atoms with E-state index in [0.29, 0.717) is 15.8 Å². The zero-order valence-corrected chi connectivity index (χ0v) is 16.5. The molecule has 146 valence electrons. The fraction of sp³-hybridized carbons (Fsp3) is 0.412. The van der Waals surface area contributed by atoms with Crippen LogP contribution in [0.4, 0.5) is 18.2 Å². The minimum Gasteiger partial charge on any atom is -0.374 e. The van der Waals surface area contributed by atoms with E-state index in [1.165, 1.54) is 16.2 Å². The van der Waals surface area contributed by atoms with Crippen molar-refractivity contribution in [2.24, 2.45) is 0 Å². The Kier molecular flexibility index (Phi) is 8.23. The summed E-state index contributed by atoms with van der Waals surface area (Å²) in [4.78, 5) is 9.86. The predicted molar refractivity (Wildman–Crippen MR) is 105 cm³/mol. The number of aromatic nitrogens is 2. The van der Waals surface area contributed by atoms with Crippen molar-refractivity contribution in [3.63, 3.8) is 0 Å². The topological polar surface area (TPSA) is 49.2 Å². The first-order valence-corrected chi connectivity index (χ1v) is 10.3. The van der Waals surface area contributed by atoms with Crippen LogP contribution in [0.5, 0.6) is 0 Å². The summed E-state index contributed by atoms with van der Waals surface area (Å²) in [7, 11) is 0. The van der Waals surface area contributed by atoms with Crippen molar-refractivity contribution in [3.05, 3.63) is 29.7 Å². The number of terminal acetylenes is 1. The molecule has 2 aromatic heterocycles. The highest BCUT2D eigenvalue weighted by Crippen LogP contribution is 2.38. The van der Waals surface area contributed by atoms with Gasteiger partial charge in [-0.15, -0.1) is 6.42 Å². The number of alkyl halides is 3. The van der Waals surface area contributed by atoms with Crippen LogP contribution in [0.25, 0.3) is 10.6 Å². The van der Waals surface area contributed by atoms with E-state index < -0.39 is 18.8 Å². The van der Waals surface area contributed by atoms with Gasteiger partial charge in [-0.2, -0.15) is 24.9 Å². The number of nitrogens with zero attached hydrogens (tertiary/aromatic N) is 3. The Hall–Kier alpha value is -1.47. The smallest absolute Gasteiger partial charge is 0.374 e. The number of aliphatic hydroxyl groups is 1. The Balaban J connectivity index is 2.02. The first-order chi connectivity index (χ1) is 12.8. The average molecular weight is 436 g/mol. The Labute approximate surface area is 168 Å². The number of anilines is 1. The van der Waals surface area contributed by atoms with Gasteiger partial charge in [-0.25, -0.2) is 4.98 Å². The van der Waals surface area contributed by atoms with E-state index in [-0.39, 0.29) is 23.9 Å². The number of thiazole rings is 1. The first-order valence-electron chi connectivity index (χ1n) is 7.91. The van der Waals surface area contributed by atoms with Gasteiger partial charge in [-0.1, -0.05) is 28.9 Å². The molecule has 0 spiro atoms. The van der Waals surface area contributed by atoms with Crippen molar-refractivity contribution in [2.75, 3.05) is 23.0 Å². The van der Waals surface area contributed by atoms with Crippen molar-refractivity contribution in [1.82, 2.24) is 9.97 Å². The van der Waals surface area contributed by atoms with Gasteiger partial charge in [0.15, 0.2) is 5.15 Å². The van der Waals surface area contributed by atoms with Crippen molar-refractivity contribution in [2.45, 2.75) is 25.2 Å². The van der Waals surface area contributed by atoms with Crippen LogP contribution in [0.3, 0.4) is 0 Å². The summed E-state index contributed by atoms with van der Waals surface area (Å²) in [5, 5.41) is 11.8. The zero-order chi connectivity index (χ0) is 19.9. The molecule has 0 aliphatic rings. The summed E-state index contributed by atoms with van der Waals surface area (Å²) in [6, 6.07) is 3.61. The molecular weight excluding hydrogens is 419 g/mol. The van der Waals surface area contributed by atoms with E-state index in [2.05, 4.69) is 15.9 Å². The molecule has 2 rings (SSSR count). The number of rotatable bonds is 9. The molecule has 1 N–H and O–H groups in total. The molecule has 0 saturated carbocycles. The van der Waals surface area contributed by atoms with Crippen LogP contribution in [0.1, 0.15) is 12.8 Å². The lowest BCUT2D eigenvalue weighted by Crippen LogP contribution is -2.35. The number of aliphatic hydroxyl groups excluding tert-OH is 1. The lowest BCUT2D eigenvalue weighted by Gasteiger charge is -2.26. The van der Waals surface area contributed by atoms with E-state index in [1.807, 2.05) is 6.07 Å².